The Bertz CT molecular complexity index is 1230. The summed E-state index contributed by atoms with van der Waals surface area (Å²) in [5, 5.41) is 0. The van der Waals surface area contributed by atoms with E-state index in [9.17, 15) is 17.2 Å². The minimum absolute atomic E-state index is 0.0707. The van der Waals surface area contributed by atoms with Crippen molar-refractivity contribution in [3.63, 3.8) is 0 Å². The number of methoxy groups -OCH3 is 1. The molecule has 162 valence electrons. The van der Waals surface area contributed by atoms with Crippen molar-refractivity contribution in [2.45, 2.75) is 11.5 Å². The zero-order chi connectivity index (χ0) is 22.0. The van der Waals surface area contributed by atoms with Crippen LogP contribution >= 0.6 is 0 Å². The van der Waals surface area contributed by atoms with Gasteiger partial charge in [-0.25, -0.2) is 22.2 Å². The van der Waals surface area contributed by atoms with E-state index in [4.69, 9.17) is 14.2 Å². The van der Waals surface area contributed by atoms with Gasteiger partial charge in [0.15, 0.2) is 0 Å². The van der Waals surface area contributed by atoms with Crippen LogP contribution in [0, 0.1) is 11.6 Å². The SMILES string of the molecule is COc1ncc2cc1S(=O)(=O)Nc1cc(ccc1F)-c1cc(F)ccc1OCCOC2. The van der Waals surface area contributed by atoms with E-state index in [-0.39, 0.29) is 36.3 Å². The molecule has 3 aromatic rings. The number of anilines is 1. The van der Waals surface area contributed by atoms with E-state index in [1.54, 1.807) is 0 Å². The molecule has 0 amide bonds. The van der Waals surface area contributed by atoms with Crippen molar-refractivity contribution in [2.24, 2.45) is 0 Å². The van der Waals surface area contributed by atoms with E-state index in [2.05, 4.69) is 9.71 Å². The molecule has 1 aliphatic rings. The van der Waals surface area contributed by atoms with E-state index >= 15 is 0 Å². The monoisotopic (exact) mass is 448 g/mol. The zero-order valence-electron chi connectivity index (χ0n) is 16.4. The number of fused-ring (bicyclic) bond motifs is 6. The van der Waals surface area contributed by atoms with Gasteiger partial charge < -0.3 is 14.2 Å². The first-order valence-electron chi connectivity index (χ1n) is 9.23. The van der Waals surface area contributed by atoms with Gasteiger partial charge in [-0.2, -0.15) is 0 Å². The Morgan fingerprint density at radius 3 is 2.74 bits per heavy atom. The van der Waals surface area contributed by atoms with Crippen LogP contribution in [-0.2, 0) is 21.4 Å². The Kier molecular flexibility index (Phi) is 5.75. The third-order valence-corrected chi connectivity index (χ3v) is 5.94. The maximum atomic E-state index is 14.5. The number of halogens is 2. The van der Waals surface area contributed by atoms with Gasteiger partial charge in [0, 0.05) is 11.8 Å². The lowest BCUT2D eigenvalue weighted by Gasteiger charge is -2.14. The van der Waals surface area contributed by atoms with Gasteiger partial charge in [0.1, 0.15) is 28.9 Å². The molecule has 4 bridgehead atoms. The van der Waals surface area contributed by atoms with E-state index in [1.807, 2.05) is 0 Å². The molecule has 0 atom stereocenters. The fraction of sp³-hybridized carbons (Fsp3) is 0.190. The summed E-state index contributed by atoms with van der Waals surface area (Å²) >= 11 is 0. The van der Waals surface area contributed by atoms with Crippen LogP contribution in [0.5, 0.6) is 11.6 Å². The summed E-state index contributed by atoms with van der Waals surface area (Å²) in [6, 6.07) is 9.05. The van der Waals surface area contributed by atoms with E-state index in [0.29, 0.717) is 22.4 Å². The number of pyridine rings is 1. The second-order valence-electron chi connectivity index (χ2n) is 6.69. The van der Waals surface area contributed by atoms with Crippen LogP contribution in [0.15, 0.2) is 53.6 Å². The van der Waals surface area contributed by atoms with Crippen molar-refractivity contribution in [1.82, 2.24) is 4.98 Å². The molecule has 7 nitrogen and oxygen atoms in total. The van der Waals surface area contributed by atoms with E-state index < -0.39 is 21.7 Å². The Balaban J connectivity index is 1.87. The Morgan fingerprint density at radius 2 is 1.94 bits per heavy atom. The quantitative estimate of drug-likeness (QED) is 0.610. The molecule has 0 saturated carbocycles. The first kappa shape index (κ1) is 21.0. The molecule has 0 spiro atoms. The van der Waals surface area contributed by atoms with Crippen LogP contribution in [0.3, 0.4) is 0 Å². The van der Waals surface area contributed by atoms with Gasteiger partial charge >= 0.3 is 0 Å². The molecular weight excluding hydrogens is 430 g/mol. The molecule has 1 aliphatic heterocycles. The lowest BCUT2D eigenvalue weighted by molar-refractivity contribution is 0.0887. The zero-order valence-corrected chi connectivity index (χ0v) is 17.2. The number of sulfonamides is 1. The summed E-state index contributed by atoms with van der Waals surface area (Å²) in [5.74, 6) is -1.12. The number of hydrogen-bond acceptors (Lipinski definition) is 6. The topological polar surface area (TPSA) is 86.8 Å². The van der Waals surface area contributed by atoms with Crippen LogP contribution in [0.2, 0.25) is 0 Å². The molecule has 31 heavy (non-hydrogen) atoms. The Labute approximate surface area is 177 Å². The summed E-state index contributed by atoms with van der Waals surface area (Å²) in [5.41, 5.74) is 0.873. The number of benzene rings is 2. The first-order valence-corrected chi connectivity index (χ1v) is 10.7. The number of rotatable bonds is 1. The normalized spacial score (nSPS) is 15.5. The standard InChI is InChI=1S/C21H18F2N2O5S/c1-28-21-20-8-13(11-24-21)12-29-6-7-30-19-5-3-15(22)10-16(19)14-2-4-17(23)18(9-14)25-31(20,26)27/h2-5,8-11,25H,6-7,12H2,1H3. The molecule has 2 heterocycles. The van der Waals surface area contributed by atoms with Crippen molar-refractivity contribution in [2.75, 3.05) is 25.0 Å². The molecule has 0 radical (unpaired) electrons. The lowest BCUT2D eigenvalue weighted by Crippen LogP contribution is -2.16. The minimum Gasteiger partial charge on any atom is -0.491 e. The minimum atomic E-state index is -4.27. The van der Waals surface area contributed by atoms with Gasteiger partial charge in [0.25, 0.3) is 10.0 Å². The lowest BCUT2D eigenvalue weighted by atomic mass is 10.0. The maximum Gasteiger partial charge on any atom is 0.267 e. The summed E-state index contributed by atoms with van der Waals surface area (Å²) < 4.78 is 73.0. The van der Waals surface area contributed by atoms with Crippen LogP contribution in [0.25, 0.3) is 11.1 Å². The van der Waals surface area contributed by atoms with Gasteiger partial charge in [0.2, 0.25) is 5.88 Å². The number of ether oxygens (including phenoxy) is 3. The third-order valence-electron chi connectivity index (χ3n) is 4.58. The van der Waals surface area contributed by atoms with Crippen molar-refractivity contribution in [1.29, 1.82) is 0 Å². The molecule has 0 fully saturated rings. The molecule has 0 aliphatic carbocycles. The van der Waals surface area contributed by atoms with E-state index in [1.165, 1.54) is 49.7 Å². The maximum absolute atomic E-state index is 14.5. The smallest absolute Gasteiger partial charge is 0.267 e. The highest BCUT2D eigenvalue weighted by molar-refractivity contribution is 7.92. The fourth-order valence-corrected chi connectivity index (χ4v) is 4.35. The summed E-state index contributed by atoms with van der Waals surface area (Å²) in [6.45, 7) is 0.429. The van der Waals surface area contributed by atoms with Gasteiger partial charge in [-0.1, -0.05) is 6.07 Å². The van der Waals surface area contributed by atoms with Crippen LogP contribution in [0.4, 0.5) is 14.5 Å². The molecule has 10 heteroatoms. The average Bonchev–Trinajstić information content (AvgIpc) is 2.75. The van der Waals surface area contributed by atoms with Gasteiger partial charge in [-0.3, -0.25) is 4.72 Å². The van der Waals surface area contributed by atoms with Crippen molar-refractivity contribution < 1.29 is 31.4 Å². The van der Waals surface area contributed by atoms with Gasteiger partial charge in [-0.15, -0.1) is 0 Å². The number of nitrogens with zero attached hydrogens (tertiary/aromatic N) is 1. The van der Waals surface area contributed by atoms with Gasteiger partial charge in [0.05, 0.1) is 26.0 Å². The number of hydrogen-bond donors (Lipinski definition) is 1. The summed E-state index contributed by atoms with van der Waals surface area (Å²) in [4.78, 5) is 3.75. The predicted molar refractivity (Wildman–Crippen MR) is 109 cm³/mol. The van der Waals surface area contributed by atoms with Gasteiger partial charge in [-0.05, 0) is 47.5 Å². The third kappa shape index (κ3) is 4.44. The van der Waals surface area contributed by atoms with Crippen LogP contribution in [0.1, 0.15) is 5.56 Å². The number of aromatic nitrogens is 1. The summed E-state index contributed by atoms with van der Waals surface area (Å²) in [7, 11) is -2.98. The molecule has 0 unspecified atom stereocenters. The van der Waals surface area contributed by atoms with Crippen LogP contribution < -0.4 is 14.2 Å². The van der Waals surface area contributed by atoms with Crippen molar-refractivity contribution in [3.8, 4) is 22.8 Å². The molecule has 1 aromatic heterocycles. The predicted octanol–water partition coefficient (Wildman–Crippen LogP) is 3.75. The molecule has 2 aromatic carbocycles. The van der Waals surface area contributed by atoms with Crippen molar-refractivity contribution in [3.05, 3.63) is 65.9 Å². The molecule has 0 saturated heterocycles. The highest BCUT2D eigenvalue weighted by Gasteiger charge is 2.24. The van der Waals surface area contributed by atoms with Crippen LogP contribution in [-0.4, -0.2) is 33.7 Å². The highest BCUT2D eigenvalue weighted by atomic mass is 32.2. The van der Waals surface area contributed by atoms with Crippen molar-refractivity contribution >= 4 is 15.7 Å². The molecular formula is C21H18F2N2O5S. The largest absolute Gasteiger partial charge is 0.491 e. The van der Waals surface area contributed by atoms with E-state index in [0.717, 1.165) is 6.07 Å². The summed E-state index contributed by atoms with van der Waals surface area (Å²) in [6.07, 6.45) is 1.43. The molecule has 4 rings (SSSR count). The highest BCUT2D eigenvalue weighted by Crippen LogP contribution is 2.34. The number of nitrogens with one attached hydrogen (secondary N) is 1. The Morgan fingerprint density at radius 1 is 1.10 bits per heavy atom. The second kappa shape index (κ2) is 8.48. The fourth-order valence-electron chi connectivity index (χ4n) is 3.12. The molecule has 1 N–H and O–H groups in total. The first-order chi connectivity index (χ1) is 14.9. The second-order valence-corrected chi connectivity index (χ2v) is 8.34. The Hall–Kier alpha value is -3.24. The average molecular weight is 448 g/mol.